The third-order valence-corrected chi connectivity index (χ3v) is 4.66. The average Bonchev–Trinajstić information content (AvgIpc) is 3.25. The fraction of sp³-hybridized carbons (Fsp3) is 0.571. The summed E-state index contributed by atoms with van der Waals surface area (Å²) in [5.74, 6) is 0.692. The molecular weight excluding hydrogens is 354 g/mol. The lowest BCUT2D eigenvalue weighted by Crippen LogP contribution is -2.44. The molecule has 2 amide bonds. The summed E-state index contributed by atoms with van der Waals surface area (Å²) in [6.07, 6.45) is 4.22. The van der Waals surface area contributed by atoms with Gasteiger partial charge < -0.3 is 20.9 Å². The second-order valence-corrected chi connectivity index (χ2v) is 6.94. The molecule has 0 atom stereocenters. The van der Waals surface area contributed by atoms with E-state index in [1.54, 1.807) is 0 Å². The van der Waals surface area contributed by atoms with Gasteiger partial charge in [0.25, 0.3) is 5.91 Å². The predicted octanol–water partition coefficient (Wildman–Crippen LogP) is 1.89. The molecule has 1 aromatic rings. The van der Waals surface area contributed by atoms with E-state index in [0.717, 1.165) is 50.9 Å². The van der Waals surface area contributed by atoms with Gasteiger partial charge in [-0.1, -0.05) is 25.5 Å². The Kier molecular flexibility index (Phi) is 9.31. The number of guanidine groups is 1. The lowest BCUT2D eigenvalue weighted by molar-refractivity contribution is -0.128. The molecule has 28 heavy (non-hydrogen) atoms. The van der Waals surface area contributed by atoms with Crippen LogP contribution in [-0.2, 0) is 11.3 Å². The smallest absolute Gasteiger partial charge is 0.251 e. The Hall–Kier alpha value is -2.57. The van der Waals surface area contributed by atoms with Crippen LogP contribution in [0, 0.1) is 0 Å². The zero-order chi connectivity index (χ0) is 20.2. The van der Waals surface area contributed by atoms with Crippen molar-refractivity contribution in [1.82, 2.24) is 20.9 Å². The first kappa shape index (κ1) is 21.7. The monoisotopic (exact) mass is 387 g/mol. The van der Waals surface area contributed by atoms with Crippen molar-refractivity contribution >= 4 is 17.8 Å². The van der Waals surface area contributed by atoms with Gasteiger partial charge >= 0.3 is 0 Å². The van der Waals surface area contributed by atoms with Gasteiger partial charge in [0, 0.05) is 31.7 Å². The van der Waals surface area contributed by atoms with Gasteiger partial charge in [0.2, 0.25) is 5.91 Å². The molecule has 2 rings (SSSR count). The Balaban J connectivity index is 1.85. The number of rotatable bonds is 9. The highest BCUT2D eigenvalue weighted by Crippen LogP contribution is 2.07. The predicted molar refractivity (Wildman–Crippen MR) is 112 cm³/mol. The summed E-state index contributed by atoms with van der Waals surface area (Å²) in [5.41, 5.74) is 1.67. The maximum Gasteiger partial charge on any atom is 0.251 e. The highest BCUT2D eigenvalue weighted by molar-refractivity contribution is 5.94. The Morgan fingerprint density at radius 1 is 1.04 bits per heavy atom. The van der Waals surface area contributed by atoms with E-state index >= 15 is 0 Å². The van der Waals surface area contributed by atoms with Crippen LogP contribution in [0.2, 0.25) is 0 Å². The third-order valence-electron chi connectivity index (χ3n) is 4.66. The summed E-state index contributed by atoms with van der Waals surface area (Å²) >= 11 is 0. The molecule has 0 saturated carbocycles. The molecule has 0 aliphatic carbocycles. The number of aliphatic imine (C=N–C) groups is 1. The minimum Gasteiger partial charge on any atom is -0.357 e. The van der Waals surface area contributed by atoms with Crippen LogP contribution in [0.15, 0.2) is 29.3 Å². The van der Waals surface area contributed by atoms with E-state index in [0.29, 0.717) is 24.6 Å². The van der Waals surface area contributed by atoms with Crippen LogP contribution in [0.4, 0.5) is 0 Å². The van der Waals surface area contributed by atoms with Crippen LogP contribution in [0.5, 0.6) is 0 Å². The molecule has 1 fully saturated rings. The SMILES string of the molecule is CCCCNC(=O)c1ccc(CN=C(NCC)NCC(=O)N2CCCC2)cc1. The Labute approximate surface area is 168 Å². The Bertz CT molecular complexity index is 651. The van der Waals surface area contributed by atoms with Gasteiger partial charge in [0.15, 0.2) is 5.96 Å². The topological polar surface area (TPSA) is 85.8 Å². The number of unbranched alkanes of at least 4 members (excludes halogenated alkanes) is 1. The number of hydrogen-bond donors (Lipinski definition) is 3. The molecule has 1 aliphatic heterocycles. The number of benzene rings is 1. The number of nitrogens with one attached hydrogen (secondary N) is 3. The molecule has 0 radical (unpaired) electrons. The lowest BCUT2D eigenvalue weighted by atomic mass is 10.1. The number of nitrogens with zero attached hydrogens (tertiary/aromatic N) is 2. The summed E-state index contributed by atoms with van der Waals surface area (Å²) in [4.78, 5) is 30.6. The fourth-order valence-corrected chi connectivity index (χ4v) is 2.99. The zero-order valence-electron chi connectivity index (χ0n) is 17.1. The van der Waals surface area contributed by atoms with Gasteiger partial charge in [-0.25, -0.2) is 4.99 Å². The summed E-state index contributed by atoms with van der Waals surface area (Å²) < 4.78 is 0. The molecule has 0 unspecified atom stereocenters. The minimum absolute atomic E-state index is 0.0427. The van der Waals surface area contributed by atoms with Gasteiger partial charge in [0.05, 0.1) is 13.1 Å². The van der Waals surface area contributed by atoms with Crippen molar-refractivity contribution in [3.05, 3.63) is 35.4 Å². The highest BCUT2D eigenvalue weighted by Gasteiger charge is 2.17. The molecule has 1 heterocycles. The first-order valence-electron chi connectivity index (χ1n) is 10.3. The van der Waals surface area contributed by atoms with Crippen molar-refractivity contribution in [2.45, 2.75) is 46.1 Å². The van der Waals surface area contributed by atoms with Crippen molar-refractivity contribution in [2.75, 3.05) is 32.7 Å². The average molecular weight is 388 g/mol. The van der Waals surface area contributed by atoms with Crippen LogP contribution in [0.25, 0.3) is 0 Å². The van der Waals surface area contributed by atoms with Crippen molar-refractivity contribution in [1.29, 1.82) is 0 Å². The minimum atomic E-state index is -0.0427. The number of amides is 2. The standard InChI is InChI=1S/C21H33N5O2/c1-3-5-12-23-20(28)18-10-8-17(9-11-18)15-24-21(22-4-2)25-16-19(27)26-13-6-7-14-26/h8-11H,3-7,12-16H2,1-2H3,(H,23,28)(H2,22,24,25). The molecule has 154 valence electrons. The van der Waals surface area contributed by atoms with Crippen molar-refractivity contribution in [3.8, 4) is 0 Å². The molecule has 7 heteroatoms. The second kappa shape index (κ2) is 12.0. The summed E-state index contributed by atoms with van der Waals surface area (Å²) in [5, 5.41) is 9.18. The number of carbonyl (C=O) groups excluding carboxylic acids is 2. The number of hydrogen-bond acceptors (Lipinski definition) is 3. The quantitative estimate of drug-likeness (QED) is 0.343. The van der Waals surface area contributed by atoms with E-state index in [1.165, 1.54) is 0 Å². The van der Waals surface area contributed by atoms with E-state index in [1.807, 2.05) is 36.1 Å². The van der Waals surface area contributed by atoms with Crippen molar-refractivity contribution < 1.29 is 9.59 Å². The molecule has 7 nitrogen and oxygen atoms in total. The first-order chi connectivity index (χ1) is 13.6. The third kappa shape index (κ3) is 7.21. The van der Waals surface area contributed by atoms with Crippen LogP contribution in [0.1, 0.15) is 55.5 Å². The largest absolute Gasteiger partial charge is 0.357 e. The van der Waals surface area contributed by atoms with Crippen molar-refractivity contribution in [2.24, 2.45) is 4.99 Å². The van der Waals surface area contributed by atoms with Crippen molar-refractivity contribution in [3.63, 3.8) is 0 Å². The molecule has 1 saturated heterocycles. The van der Waals surface area contributed by atoms with Crippen LogP contribution >= 0.6 is 0 Å². The molecule has 0 aromatic heterocycles. The maximum atomic E-state index is 12.2. The van der Waals surface area contributed by atoms with E-state index in [-0.39, 0.29) is 18.4 Å². The number of likely N-dealkylation sites (tertiary alicyclic amines) is 1. The van der Waals surface area contributed by atoms with Crippen LogP contribution in [0.3, 0.4) is 0 Å². The molecule has 0 spiro atoms. The fourth-order valence-electron chi connectivity index (χ4n) is 2.99. The molecular formula is C21H33N5O2. The van der Waals surface area contributed by atoms with E-state index < -0.39 is 0 Å². The first-order valence-corrected chi connectivity index (χ1v) is 10.3. The van der Waals surface area contributed by atoms with E-state index in [9.17, 15) is 9.59 Å². The normalized spacial score (nSPS) is 14.1. The second-order valence-electron chi connectivity index (χ2n) is 6.94. The summed E-state index contributed by atoms with van der Waals surface area (Å²) in [6.45, 7) is 7.95. The summed E-state index contributed by atoms with van der Waals surface area (Å²) in [7, 11) is 0. The Morgan fingerprint density at radius 3 is 2.39 bits per heavy atom. The van der Waals surface area contributed by atoms with Gasteiger partial charge in [-0.15, -0.1) is 0 Å². The molecule has 0 bridgehead atoms. The Morgan fingerprint density at radius 2 is 1.75 bits per heavy atom. The van der Waals surface area contributed by atoms with Gasteiger partial charge in [-0.3, -0.25) is 9.59 Å². The maximum absolute atomic E-state index is 12.2. The lowest BCUT2D eigenvalue weighted by Gasteiger charge is -2.17. The van der Waals surface area contributed by atoms with Gasteiger partial charge in [0.1, 0.15) is 0 Å². The molecule has 1 aromatic carbocycles. The van der Waals surface area contributed by atoms with E-state index in [2.05, 4.69) is 27.9 Å². The molecule has 1 aliphatic rings. The zero-order valence-corrected chi connectivity index (χ0v) is 17.1. The summed E-state index contributed by atoms with van der Waals surface area (Å²) in [6, 6.07) is 7.47. The van der Waals surface area contributed by atoms with E-state index in [4.69, 9.17) is 0 Å². The number of carbonyl (C=O) groups is 2. The highest BCUT2D eigenvalue weighted by atomic mass is 16.2. The van der Waals surface area contributed by atoms with Crippen LogP contribution in [-0.4, -0.2) is 55.4 Å². The van der Waals surface area contributed by atoms with Gasteiger partial charge in [-0.05, 0) is 43.9 Å². The molecule has 3 N–H and O–H groups in total. The van der Waals surface area contributed by atoms with Crippen LogP contribution < -0.4 is 16.0 Å². The van der Waals surface area contributed by atoms with Gasteiger partial charge in [-0.2, -0.15) is 0 Å².